The van der Waals surface area contributed by atoms with Gasteiger partial charge in [0, 0.05) is 44.5 Å². The van der Waals surface area contributed by atoms with Gasteiger partial charge < -0.3 is 9.47 Å². The number of benzene rings is 3. The zero-order chi connectivity index (χ0) is 20.8. The highest BCUT2D eigenvalue weighted by molar-refractivity contribution is 5.85. The van der Waals surface area contributed by atoms with E-state index in [4.69, 9.17) is 9.47 Å². The second-order valence-electron chi connectivity index (χ2n) is 6.34. The van der Waals surface area contributed by atoms with Gasteiger partial charge in [-0.1, -0.05) is 60.7 Å². The first-order valence-electron chi connectivity index (χ1n) is 9.28. The summed E-state index contributed by atoms with van der Waals surface area (Å²) in [5.74, 6) is 1.21. The molecule has 0 saturated heterocycles. The topological polar surface area (TPSA) is 18.5 Å². The maximum Gasteiger partial charge on any atom is 0.162 e. The summed E-state index contributed by atoms with van der Waals surface area (Å²) < 4.78 is 10.9. The minimum Gasteiger partial charge on any atom is -0.493 e. The summed E-state index contributed by atoms with van der Waals surface area (Å²) in [6, 6.07) is 44.2. The summed E-state index contributed by atoms with van der Waals surface area (Å²) in [4.78, 5) is 0. The maximum atomic E-state index is 5.46. The Bertz CT molecular complexity index is 1220. The molecule has 0 aromatic heterocycles. The normalized spacial score (nSPS) is 9.27. The van der Waals surface area contributed by atoms with Crippen LogP contribution in [0.25, 0.3) is 32.3 Å². The molecule has 0 fully saturated rings. The highest BCUT2D eigenvalue weighted by atomic mass is 16.5. The summed E-state index contributed by atoms with van der Waals surface area (Å²) in [6.45, 7) is 0. The number of methoxy groups -OCH3 is 2. The minimum absolute atomic E-state index is 0.604. The quantitative estimate of drug-likeness (QED) is 0.434. The van der Waals surface area contributed by atoms with Crippen LogP contribution in [0, 0.1) is 48.5 Å². The summed E-state index contributed by atoms with van der Waals surface area (Å²) in [6.07, 6.45) is 0. The third-order valence-corrected chi connectivity index (χ3v) is 4.50. The number of fused-ring (bicyclic) bond motifs is 3. The fourth-order valence-corrected chi connectivity index (χ4v) is 2.95. The van der Waals surface area contributed by atoms with Crippen LogP contribution in [0.2, 0.25) is 0 Å². The molecule has 140 valence electrons. The van der Waals surface area contributed by atoms with E-state index in [1.165, 1.54) is 0 Å². The van der Waals surface area contributed by atoms with Crippen molar-refractivity contribution in [2.24, 2.45) is 0 Å². The monoisotopic (exact) mass is 384 g/mol. The van der Waals surface area contributed by atoms with E-state index in [-0.39, 0.29) is 0 Å². The Morgan fingerprint density at radius 1 is 0.467 bits per heavy atom. The minimum atomic E-state index is 0.604. The van der Waals surface area contributed by atoms with E-state index in [9.17, 15) is 0 Å². The molecule has 0 N–H and O–H groups in total. The van der Waals surface area contributed by atoms with Gasteiger partial charge in [-0.2, -0.15) is 0 Å². The highest BCUT2D eigenvalue weighted by Gasteiger charge is 2.04. The molecule has 2 heteroatoms. The Morgan fingerprint density at radius 2 is 0.800 bits per heavy atom. The maximum absolute atomic E-state index is 5.46. The highest BCUT2D eigenvalue weighted by Crippen LogP contribution is 2.30. The Balaban J connectivity index is 2.15. The van der Waals surface area contributed by atoms with Crippen LogP contribution in [-0.2, 0) is 0 Å². The van der Waals surface area contributed by atoms with Gasteiger partial charge in [0.1, 0.15) is 0 Å². The van der Waals surface area contributed by atoms with Crippen molar-refractivity contribution in [1.29, 1.82) is 0 Å². The van der Waals surface area contributed by atoms with Crippen molar-refractivity contribution in [2.75, 3.05) is 14.2 Å². The van der Waals surface area contributed by atoms with Gasteiger partial charge in [-0.25, -0.2) is 0 Å². The van der Waals surface area contributed by atoms with Crippen molar-refractivity contribution < 1.29 is 9.47 Å². The number of ether oxygens (including phenoxy) is 2. The molecule has 0 saturated carbocycles. The van der Waals surface area contributed by atoms with Crippen LogP contribution < -0.4 is 9.47 Å². The number of hydrogen-bond donors (Lipinski definition) is 0. The molecule has 0 aliphatic heterocycles. The van der Waals surface area contributed by atoms with Gasteiger partial charge in [0.2, 0.25) is 0 Å². The molecule has 2 nitrogen and oxygen atoms in total. The van der Waals surface area contributed by atoms with Crippen molar-refractivity contribution in [1.82, 2.24) is 0 Å². The third-order valence-electron chi connectivity index (χ3n) is 4.50. The molecule has 0 spiro atoms. The predicted octanol–water partition coefficient (Wildman–Crippen LogP) is 5.81. The van der Waals surface area contributed by atoms with E-state index >= 15 is 0 Å². The average molecular weight is 384 g/mol. The smallest absolute Gasteiger partial charge is 0.162 e. The van der Waals surface area contributed by atoms with Crippen LogP contribution >= 0.6 is 0 Å². The number of hydrogen-bond acceptors (Lipinski definition) is 2. The van der Waals surface area contributed by atoms with Crippen molar-refractivity contribution in [3.05, 3.63) is 109 Å². The SMILES string of the molecule is COc1cc2c#cc3ccccc3c#cc#cc3ccccc3c#cc2cc1OC. The summed E-state index contributed by atoms with van der Waals surface area (Å²) >= 11 is 0. The Morgan fingerprint density at radius 3 is 1.17 bits per heavy atom. The van der Waals surface area contributed by atoms with Gasteiger partial charge in [0.25, 0.3) is 0 Å². The van der Waals surface area contributed by atoms with Crippen molar-refractivity contribution >= 4 is 32.3 Å². The third kappa shape index (κ3) is 4.01. The van der Waals surface area contributed by atoms with E-state index in [1.54, 1.807) is 14.2 Å². The van der Waals surface area contributed by atoms with Crippen LogP contribution in [0.5, 0.6) is 11.5 Å². The second-order valence-corrected chi connectivity index (χ2v) is 6.34. The van der Waals surface area contributed by atoms with Gasteiger partial charge in [0.15, 0.2) is 11.5 Å². The summed E-state index contributed by atoms with van der Waals surface area (Å²) in [5, 5.41) is 4.83. The molecule has 0 radical (unpaired) electrons. The molecular formula is C28H16O2. The second kappa shape index (κ2) is 8.67. The van der Waals surface area contributed by atoms with E-state index in [2.05, 4.69) is 48.5 Å². The standard InChI is InChI=1S/C28H16O2/c1-29-27-19-25-17-15-23-13-7-5-11-21(23)9-3-4-10-22-12-6-8-14-24(22)16-18-26(25)20-28(27)30-2/h5-8,11-14,19-20H,1-2H3. The Hall–Kier alpha value is -4.50. The molecule has 0 unspecified atom stereocenters. The summed E-state index contributed by atoms with van der Waals surface area (Å²) in [7, 11) is 3.21. The van der Waals surface area contributed by atoms with Crippen LogP contribution in [-0.4, -0.2) is 14.2 Å². The van der Waals surface area contributed by atoms with Crippen LogP contribution in [0.4, 0.5) is 0 Å². The molecular weight excluding hydrogens is 368 g/mol. The molecule has 30 heavy (non-hydrogen) atoms. The number of rotatable bonds is 2. The zero-order valence-electron chi connectivity index (χ0n) is 16.6. The fraction of sp³-hybridized carbons (Fsp3) is 0.0714. The van der Waals surface area contributed by atoms with Gasteiger partial charge in [0.05, 0.1) is 14.2 Å². The van der Waals surface area contributed by atoms with Gasteiger partial charge in [-0.05, 0) is 36.4 Å². The molecule has 0 bridgehead atoms. The average Bonchev–Trinajstić information content (AvgIpc) is 2.79. The van der Waals surface area contributed by atoms with E-state index in [1.807, 2.05) is 60.7 Å². The molecule has 4 aromatic carbocycles. The van der Waals surface area contributed by atoms with Crippen LogP contribution in [0.1, 0.15) is 0 Å². The lowest BCUT2D eigenvalue weighted by Gasteiger charge is -2.06. The van der Waals surface area contributed by atoms with Crippen molar-refractivity contribution in [3.8, 4) is 11.5 Å². The molecule has 4 aromatic rings. The first-order chi connectivity index (χ1) is 14.8. The molecule has 0 atom stereocenters. The predicted molar refractivity (Wildman–Crippen MR) is 118 cm³/mol. The molecule has 0 heterocycles. The van der Waals surface area contributed by atoms with E-state index < -0.39 is 0 Å². The van der Waals surface area contributed by atoms with Crippen molar-refractivity contribution in [2.45, 2.75) is 0 Å². The van der Waals surface area contributed by atoms with E-state index in [0.29, 0.717) is 11.5 Å². The van der Waals surface area contributed by atoms with Crippen LogP contribution in [0.3, 0.4) is 0 Å². The molecule has 4 rings (SSSR count). The lowest BCUT2D eigenvalue weighted by Crippen LogP contribution is -1.89. The van der Waals surface area contributed by atoms with Gasteiger partial charge in [-0.15, -0.1) is 0 Å². The molecule has 0 amide bonds. The molecule has 0 aliphatic carbocycles. The summed E-state index contributed by atoms with van der Waals surface area (Å²) in [5.41, 5.74) is 0. The largest absolute Gasteiger partial charge is 0.493 e. The fourth-order valence-electron chi connectivity index (χ4n) is 2.95. The Labute approximate surface area is 177 Å². The Kier molecular flexibility index (Phi) is 5.45. The first kappa shape index (κ1) is 18.8. The van der Waals surface area contributed by atoms with E-state index in [0.717, 1.165) is 32.3 Å². The molecule has 0 aliphatic rings. The first-order valence-corrected chi connectivity index (χ1v) is 9.28. The zero-order valence-corrected chi connectivity index (χ0v) is 16.6. The van der Waals surface area contributed by atoms with Crippen molar-refractivity contribution in [3.63, 3.8) is 0 Å². The lowest BCUT2D eigenvalue weighted by molar-refractivity contribution is 0.356. The van der Waals surface area contributed by atoms with Crippen LogP contribution in [0.15, 0.2) is 60.7 Å². The van der Waals surface area contributed by atoms with Gasteiger partial charge >= 0.3 is 0 Å². The van der Waals surface area contributed by atoms with Gasteiger partial charge in [-0.3, -0.25) is 0 Å². The lowest BCUT2D eigenvalue weighted by atomic mass is 10.1.